The Morgan fingerprint density at radius 2 is 1.71 bits per heavy atom. The largest absolute Gasteiger partial charge is 0.504 e. The first kappa shape index (κ1) is 35.7. The van der Waals surface area contributed by atoms with Gasteiger partial charge in [0.05, 0.1) is 46.6 Å². The molecule has 2 saturated heterocycles. The summed E-state index contributed by atoms with van der Waals surface area (Å²) in [6.45, 7) is 0. The van der Waals surface area contributed by atoms with Crippen LogP contribution in [0.3, 0.4) is 0 Å². The third-order valence-corrected chi connectivity index (χ3v) is 11.6. The fraction of sp³-hybridized carbons (Fsp3) is 0.220. The number of ether oxygens (including phenoxy) is 1. The SMILES string of the molecule is COc1cc(C=C[C@H]2C3=CC[C@@H]4C(=O)N(c5cccc([N+](=O)[O-])c5)C(=O)[C@@H]4[C@@H]3C[C@H]3C(=O)N(Nc4ccc(F)cc4)C(=O)[C@@]23c2ccc(Cl)cc2)ccc1O. The number of aromatic hydroxyl groups is 1. The number of rotatable bonds is 8. The number of carbonyl (C=O) groups is 4. The van der Waals surface area contributed by atoms with E-state index in [4.69, 9.17) is 16.3 Å². The highest BCUT2D eigenvalue weighted by molar-refractivity contribution is 6.30. The van der Waals surface area contributed by atoms with Gasteiger partial charge in [-0.15, -0.1) is 0 Å². The first-order valence-corrected chi connectivity index (χ1v) is 17.9. The van der Waals surface area contributed by atoms with Gasteiger partial charge < -0.3 is 9.84 Å². The van der Waals surface area contributed by atoms with Crippen molar-refractivity contribution in [2.24, 2.45) is 29.6 Å². The highest BCUT2D eigenvalue weighted by Gasteiger charge is 2.69. The summed E-state index contributed by atoms with van der Waals surface area (Å²) in [5.41, 5.74) is 3.19. The summed E-state index contributed by atoms with van der Waals surface area (Å²) in [5.74, 6) is -6.92. The molecule has 8 rings (SSSR count). The number of carbonyl (C=O) groups excluding carboxylic acids is 4. The summed E-state index contributed by atoms with van der Waals surface area (Å²) < 4.78 is 19.2. The zero-order chi connectivity index (χ0) is 38.8. The molecule has 4 aromatic carbocycles. The van der Waals surface area contributed by atoms with Gasteiger partial charge in [-0.2, -0.15) is 5.01 Å². The van der Waals surface area contributed by atoms with E-state index in [-0.39, 0.29) is 41.4 Å². The van der Waals surface area contributed by atoms with E-state index in [9.17, 15) is 34.0 Å². The minimum Gasteiger partial charge on any atom is -0.504 e. The van der Waals surface area contributed by atoms with Crippen LogP contribution < -0.4 is 15.1 Å². The minimum absolute atomic E-state index is 0.0148. The average Bonchev–Trinajstić information content (AvgIpc) is 3.56. The Hall–Kier alpha value is -6.34. The van der Waals surface area contributed by atoms with Crippen molar-refractivity contribution in [1.82, 2.24) is 5.01 Å². The molecule has 0 bridgehead atoms. The molecule has 55 heavy (non-hydrogen) atoms. The topological polar surface area (TPSA) is 159 Å². The van der Waals surface area contributed by atoms with Crippen molar-refractivity contribution in [3.63, 3.8) is 0 Å². The summed E-state index contributed by atoms with van der Waals surface area (Å²) in [5, 5.41) is 23.2. The lowest BCUT2D eigenvalue weighted by Gasteiger charge is -2.49. The molecule has 4 aromatic rings. The Morgan fingerprint density at radius 3 is 2.42 bits per heavy atom. The number of halogens is 2. The number of phenols is 1. The first-order chi connectivity index (χ1) is 26.4. The molecule has 0 spiro atoms. The second kappa shape index (κ2) is 13.5. The number of imide groups is 2. The van der Waals surface area contributed by atoms with Crippen LogP contribution in [-0.2, 0) is 24.6 Å². The third-order valence-electron chi connectivity index (χ3n) is 11.3. The van der Waals surface area contributed by atoms with Crippen molar-refractivity contribution >= 4 is 58.4 Å². The molecule has 4 aliphatic rings. The van der Waals surface area contributed by atoms with E-state index >= 15 is 4.79 Å². The summed E-state index contributed by atoms with van der Waals surface area (Å²) in [4.78, 5) is 70.4. The van der Waals surface area contributed by atoms with Crippen molar-refractivity contribution in [3.8, 4) is 11.5 Å². The van der Waals surface area contributed by atoms with Crippen LogP contribution in [0.4, 0.5) is 21.5 Å². The van der Waals surface area contributed by atoms with Crippen LogP contribution in [0.1, 0.15) is 24.0 Å². The summed E-state index contributed by atoms with van der Waals surface area (Å²) in [7, 11) is 1.42. The Balaban J connectivity index is 1.29. The second-order valence-corrected chi connectivity index (χ2v) is 14.4. The number of nitro benzene ring substituents is 1. The third kappa shape index (κ3) is 5.65. The van der Waals surface area contributed by atoms with Crippen molar-refractivity contribution in [3.05, 3.63) is 141 Å². The molecule has 2 N–H and O–H groups in total. The summed E-state index contributed by atoms with van der Waals surface area (Å²) in [6, 6.07) is 21.9. The molecule has 1 saturated carbocycles. The lowest BCUT2D eigenvalue weighted by atomic mass is 9.50. The maximum absolute atomic E-state index is 15.2. The quantitative estimate of drug-likeness (QED) is 0.0849. The van der Waals surface area contributed by atoms with Gasteiger partial charge in [0, 0.05) is 23.1 Å². The molecule has 12 nitrogen and oxygen atoms in total. The highest BCUT2D eigenvalue weighted by atomic mass is 35.5. The zero-order valence-electron chi connectivity index (χ0n) is 29.1. The van der Waals surface area contributed by atoms with E-state index in [0.717, 1.165) is 9.91 Å². The number of nitrogens with one attached hydrogen (secondary N) is 1. The van der Waals surface area contributed by atoms with Crippen molar-refractivity contribution in [1.29, 1.82) is 0 Å². The standard InChI is InChI=1S/C41H32ClFN4O8/c1-55-35-19-22(6-18-34(35)48)5-17-32-29-15-16-30-36(39(51)45(37(30)49)27-3-2-4-28(20-27)47(53)54)31(29)21-33-38(50)46(44-26-13-11-25(43)12-14-26)40(52)41(32,33)23-7-9-24(42)10-8-23/h2-15,17-20,30-33,36,44,48H,16,21H2,1H3/t30-,31+,32-,33-,36-,41-/m0/s1. The van der Waals surface area contributed by atoms with Crippen molar-refractivity contribution in [2.75, 3.05) is 17.4 Å². The molecule has 3 fully saturated rings. The van der Waals surface area contributed by atoms with E-state index < -0.39 is 69.4 Å². The van der Waals surface area contributed by atoms with Crippen molar-refractivity contribution in [2.45, 2.75) is 18.3 Å². The number of nitro groups is 1. The predicted molar refractivity (Wildman–Crippen MR) is 199 cm³/mol. The molecule has 278 valence electrons. The predicted octanol–water partition coefficient (Wildman–Crippen LogP) is 6.84. The number of methoxy groups -OCH3 is 1. The number of phenolic OH excluding ortho intramolecular Hbond substituents is 1. The molecular formula is C41H32ClFN4O8. The second-order valence-electron chi connectivity index (χ2n) is 14.0. The van der Waals surface area contributed by atoms with Crippen LogP contribution in [-0.4, -0.2) is 45.8 Å². The monoisotopic (exact) mass is 762 g/mol. The lowest BCUT2D eigenvalue weighted by molar-refractivity contribution is -0.384. The van der Waals surface area contributed by atoms with Gasteiger partial charge in [-0.25, -0.2) is 9.29 Å². The van der Waals surface area contributed by atoms with Crippen LogP contribution >= 0.6 is 11.6 Å². The number of nitrogens with zero attached hydrogens (tertiary/aromatic N) is 3. The van der Waals surface area contributed by atoms with Gasteiger partial charge in [0.1, 0.15) is 5.82 Å². The number of amides is 4. The molecule has 0 unspecified atom stereocenters. The maximum atomic E-state index is 15.2. The Labute approximate surface area is 318 Å². The van der Waals surface area contributed by atoms with E-state index in [1.807, 2.05) is 6.08 Å². The molecule has 4 amide bonds. The smallest absolute Gasteiger partial charge is 0.271 e. The highest BCUT2D eigenvalue weighted by Crippen LogP contribution is 2.61. The van der Waals surface area contributed by atoms with Gasteiger partial charge in [0.25, 0.3) is 17.5 Å². The average molecular weight is 763 g/mol. The van der Waals surface area contributed by atoms with Gasteiger partial charge in [-0.1, -0.05) is 59.7 Å². The molecule has 0 radical (unpaired) electrons. The van der Waals surface area contributed by atoms with E-state index in [2.05, 4.69) is 5.43 Å². The number of non-ortho nitro benzene ring substituents is 1. The first-order valence-electron chi connectivity index (χ1n) is 17.5. The van der Waals surface area contributed by atoms with Crippen LogP contribution in [0, 0.1) is 45.5 Å². The number of fused-ring (bicyclic) bond motifs is 4. The van der Waals surface area contributed by atoms with Crippen molar-refractivity contribution < 1.29 is 38.3 Å². The van der Waals surface area contributed by atoms with Gasteiger partial charge in [-0.3, -0.25) is 34.7 Å². The molecular weight excluding hydrogens is 731 g/mol. The summed E-state index contributed by atoms with van der Waals surface area (Å²) >= 11 is 6.34. The van der Waals surface area contributed by atoms with Gasteiger partial charge in [0.2, 0.25) is 11.8 Å². The molecule has 14 heteroatoms. The number of hydrazine groups is 1. The normalized spacial score (nSPS) is 25.8. The van der Waals surface area contributed by atoms with Crippen LogP contribution in [0.2, 0.25) is 5.02 Å². The lowest BCUT2D eigenvalue weighted by Crippen LogP contribution is -2.54. The molecule has 2 aliphatic heterocycles. The van der Waals surface area contributed by atoms with Gasteiger partial charge in [-0.05, 0) is 84.5 Å². The van der Waals surface area contributed by atoms with Gasteiger partial charge in [0.15, 0.2) is 11.5 Å². The fourth-order valence-corrected chi connectivity index (χ4v) is 9.03. The zero-order valence-corrected chi connectivity index (χ0v) is 29.9. The van der Waals surface area contributed by atoms with E-state index in [1.165, 1.54) is 61.7 Å². The van der Waals surface area contributed by atoms with Crippen LogP contribution in [0.5, 0.6) is 11.5 Å². The maximum Gasteiger partial charge on any atom is 0.271 e. The number of benzene rings is 4. The summed E-state index contributed by atoms with van der Waals surface area (Å²) in [6.07, 6.45) is 5.59. The molecule has 2 heterocycles. The minimum atomic E-state index is -1.58. The Kier molecular flexibility index (Phi) is 8.76. The van der Waals surface area contributed by atoms with Crippen LogP contribution in [0.25, 0.3) is 6.08 Å². The molecule has 0 aromatic heterocycles. The molecule has 6 atom stereocenters. The number of hydrogen-bond donors (Lipinski definition) is 2. The fourth-order valence-electron chi connectivity index (χ4n) is 8.91. The number of hydrogen-bond acceptors (Lipinski definition) is 9. The number of allylic oxidation sites excluding steroid dienone is 3. The van der Waals surface area contributed by atoms with Gasteiger partial charge >= 0.3 is 0 Å². The Morgan fingerprint density at radius 1 is 0.964 bits per heavy atom. The number of anilines is 2. The van der Waals surface area contributed by atoms with E-state index in [0.29, 0.717) is 21.7 Å². The van der Waals surface area contributed by atoms with E-state index in [1.54, 1.807) is 48.6 Å². The van der Waals surface area contributed by atoms with Crippen LogP contribution in [0.15, 0.2) is 109 Å². The molecule has 2 aliphatic carbocycles. The Bertz CT molecular complexity index is 2350.